The third-order valence-electron chi connectivity index (χ3n) is 5.55. The van der Waals surface area contributed by atoms with Crippen LogP contribution in [-0.4, -0.2) is 32.5 Å². The fraction of sp³-hybridized carbons (Fsp3) is 0.192. The van der Waals surface area contributed by atoms with Gasteiger partial charge in [-0.25, -0.2) is 0 Å². The molecule has 3 aromatic carbocycles. The summed E-state index contributed by atoms with van der Waals surface area (Å²) >= 11 is 1.35. The Morgan fingerprint density at radius 3 is 2.76 bits per heavy atom. The number of anilines is 1. The molecule has 0 spiro atoms. The van der Waals surface area contributed by atoms with Gasteiger partial charge in [-0.1, -0.05) is 66.4 Å². The standard InChI is InChI=1S/C26H24N4O3S/c1-3-15-30-24(23-16-32-21-13-6-7-14-22(21)33-23)28-29-26(30)34-17(2)25(31)27-20-12-8-10-18-9-4-5-11-19(18)20/h3-14,17,23H,1,15-16H2,2H3,(H,27,31). The number of hydrogen-bond acceptors (Lipinski definition) is 6. The monoisotopic (exact) mass is 472 g/mol. The molecule has 7 nitrogen and oxygen atoms in total. The maximum atomic E-state index is 13.0. The Morgan fingerprint density at radius 1 is 1.15 bits per heavy atom. The highest BCUT2D eigenvalue weighted by Crippen LogP contribution is 2.36. The lowest BCUT2D eigenvalue weighted by Crippen LogP contribution is -2.25. The Morgan fingerprint density at radius 2 is 1.91 bits per heavy atom. The summed E-state index contributed by atoms with van der Waals surface area (Å²) in [5.41, 5.74) is 0.787. The smallest absolute Gasteiger partial charge is 0.237 e. The number of hydrogen-bond donors (Lipinski definition) is 1. The quantitative estimate of drug-likeness (QED) is 0.292. The molecule has 0 radical (unpaired) electrons. The predicted octanol–water partition coefficient (Wildman–Crippen LogP) is 5.25. The zero-order chi connectivity index (χ0) is 23.5. The Balaban J connectivity index is 1.33. The van der Waals surface area contributed by atoms with Crippen LogP contribution in [0.25, 0.3) is 10.8 Å². The first kappa shape index (κ1) is 22.0. The number of amides is 1. The first-order valence-electron chi connectivity index (χ1n) is 11.0. The van der Waals surface area contributed by atoms with Crippen LogP contribution in [0, 0.1) is 0 Å². The zero-order valence-corrected chi connectivity index (χ0v) is 19.5. The van der Waals surface area contributed by atoms with Crippen LogP contribution in [0.5, 0.6) is 11.5 Å². The van der Waals surface area contributed by atoms with Gasteiger partial charge in [0.2, 0.25) is 5.91 Å². The zero-order valence-electron chi connectivity index (χ0n) is 18.7. The van der Waals surface area contributed by atoms with Gasteiger partial charge < -0.3 is 14.8 Å². The van der Waals surface area contributed by atoms with Crippen LogP contribution in [-0.2, 0) is 11.3 Å². The molecule has 0 fully saturated rings. The highest BCUT2D eigenvalue weighted by Gasteiger charge is 2.29. The van der Waals surface area contributed by atoms with Crippen LogP contribution >= 0.6 is 11.8 Å². The number of aromatic nitrogens is 3. The number of carbonyl (C=O) groups excluding carboxylic acids is 1. The summed E-state index contributed by atoms with van der Waals surface area (Å²) in [4.78, 5) is 13.0. The summed E-state index contributed by atoms with van der Waals surface area (Å²) in [6.07, 6.45) is 1.37. The number of allylic oxidation sites excluding steroid dienone is 1. The molecule has 8 heteroatoms. The molecular weight excluding hydrogens is 448 g/mol. The molecule has 2 unspecified atom stereocenters. The number of ether oxygens (including phenoxy) is 2. The Hall–Kier alpha value is -3.78. The van der Waals surface area contributed by atoms with E-state index in [2.05, 4.69) is 22.1 Å². The minimum absolute atomic E-state index is 0.109. The van der Waals surface area contributed by atoms with Crippen molar-refractivity contribution in [1.29, 1.82) is 0 Å². The lowest BCUT2D eigenvalue weighted by molar-refractivity contribution is -0.115. The van der Waals surface area contributed by atoms with E-state index in [0.29, 0.717) is 35.6 Å². The van der Waals surface area contributed by atoms with Crippen LogP contribution in [0.2, 0.25) is 0 Å². The van der Waals surface area contributed by atoms with Crippen LogP contribution in [0.1, 0.15) is 18.9 Å². The molecular formula is C26H24N4O3S. The number of nitrogens with zero attached hydrogens (tertiary/aromatic N) is 3. The fourth-order valence-electron chi connectivity index (χ4n) is 3.85. The summed E-state index contributed by atoms with van der Waals surface area (Å²) in [6, 6.07) is 21.4. The first-order chi connectivity index (χ1) is 16.6. The maximum Gasteiger partial charge on any atom is 0.237 e. The average molecular weight is 473 g/mol. The summed E-state index contributed by atoms with van der Waals surface area (Å²) < 4.78 is 13.9. The van der Waals surface area contributed by atoms with Crippen molar-refractivity contribution in [2.45, 2.75) is 30.0 Å². The van der Waals surface area contributed by atoms with Crippen molar-refractivity contribution in [3.05, 3.63) is 85.2 Å². The second-order valence-electron chi connectivity index (χ2n) is 7.88. The second kappa shape index (κ2) is 9.61. The third-order valence-corrected chi connectivity index (χ3v) is 6.63. The Labute approximate surface area is 201 Å². The highest BCUT2D eigenvalue weighted by molar-refractivity contribution is 8.00. The van der Waals surface area contributed by atoms with Gasteiger partial charge in [0.05, 0.1) is 5.25 Å². The van der Waals surface area contributed by atoms with E-state index in [9.17, 15) is 4.79 Å². The lowest BCUT2D eigenvalue weighted by Gasteiger charge is -2.26. The molecule has 1 aliphatic rings. The summed E-state index contributed by atoms with van der Waals surface area (Å²) in [7, 11) is 0. The number of thioether (sulfide) groups is 1. The van der Waals surface area contributed by atoms with Crippen molar-refractivity contribution in [3.63, 3.8) is 0 Å². The molecule has 0 bridgehead atoms. The van der Waals surface area contributed by atoms with Gasteiger partial charge in [-0.3, -0.25) is 9.36 Å². The van der Waals surface area contributed by atoms with Gasteiger partial charge in [-0.15, -0.1) is 16.8 Å². The van der Waals surface area contributed by atoms with Gasteiger partial charge >= 0.3 is 0 Å². The molecule has 2 atom stereocenters. The topological polar surface area (TPSA) is 78.3 Å². The number of benzene rings is 3. The summed E-state index contributed by atoms with van der Waals surface area (Å²) in [6.45, 7) is 6.53. The molecule has 2 heterocycles. The molecule has 0 saturated heterocycles. The van der Waals surface area contributed by atoms with Crippen molar-refractivity contribution >= 4 is 34.1 Å². The summed E-state index contributed by atoms with van der Waals surface area (Å²) in [5, 5.41) is 14.1. The van der Waals surface area contributed by atoms with Crippen molar-refractivity contribution < 1.29 is 14.3 Å². The molecule has 4 aromatic rings. The van der Waals surface area contributed by atoms with Gasteiger partial charge in [0, 0.05) is 17.6 Å². The molecule has 5 rings (SSSR count). The molecule has 1 aromatic heterocycles. The van der Waals surface area contributed by atoms with E-state index in [1.54, 1.807) is 6.08 Å². The third kappa shape index (κ3) is 4.36. The minimum atomic E-state index is -0.406. The molecule has 172 valence electrons. The molecule has 1 amide bonds. The SMILES string of the molecule is C=CCn1c(SC(C)C(=O)Nc2cccc3ccccc23)nnc1C1COc2ccccc2O1. The Kier molecular flexibility index (Phi) is 6.22. The van der Waals surface area contributed by atoms with Crippen molar-refractivity contribution in [2.75, 3.05) is 11.9 Å². The van der Waals surface area contributed by atoms with Gasteiger partial charge in [-0.2, -0.15) is 0 Å². The maximum absolute atomic E-state index is 13.0. The molecule has 34 heavy (non-hydrogen) atoms. The molecule has 1 N–H and O–H groups in total. The van der Waals surface area contributed by atoms with Gasteiger partial charge in [0.1, 0.15) is 6.61 Å². The fourth-order valence-corrected chi connectivity index (χ4v) is 4.72. The van der Waals surface area contributed by atoms with Crippen LogP contribution < -0.4 is 14.8 Å². The normalized spacial score (nSPS) is 15.6. The lowest BCUT2D eigenvalue weighted by atomic mass is 10.1. The van der Waals surface area contributed by atoms with E-state index in [1.807, 2.05) is 78.2 Å². The number of carbonyl (C=O) groups is 1. The number of fused-ring (bicyclic) bond motifs is 2. The van der Waals surface area contributed by atoms with Gasteiger partial charge in [0.15, 0.2) is 28.6 Å². The molecule has 0 aliphatic carbocycles. The van der Waals surface area contributed by atoms with E-state index in [-0.39, 0.29) is 5.91 Å². The second-order valence-corrected chi connectivity index (χ2v) is 9.19. The van der Waals surface area contributed by atoms with Crippen LogP contribution in [0.3, 0.4) is 0 Å². The molecule has 1 aliphatic heterocycles. The van der Waals surface area contributed by atoms with Crippen LogP contribution in [0.4, 0.5) is 5.69 Å². The van der Waals surface area contributed by atoms with Gasteiger partial charge in [-0.05, 0) is 30.5 Å². The highest BCUT2D eigenvalue weighted by atomic mass is 32.2. The number of nitrogens with one attached hydrogen (secondary N) is 1. The Bertz CT molecular complexity index is 1350. The minimum Gasteiger partial charge on any atom is -0.485 e. The molecule has 0 saturated carbocycles. The number of para-hydroxylation sites is 2. The summed E-state index contributed by atoms with van der Waals surface area (Å²) in [5.74, 6) is 1.91. The van der Waals surface area contributed by atoms with Crippen LogP contribution in [0.15, 0.2) is 84.5 Å². The largest absolute Gasteiger partial charge is 0.485 e. The van der Waals surface area contributed by atoms with E-state index >= 15 is 0 Å². The van der Waals surface area contributed by atoms with E-state index in [4.69, 9.17) is 9.47 Å². The van der Waals surface area contributed by atoms with Gasteiger partial charge in [0.25, 0.3) is 0 Å². The van der Waals surface area contributed by atoms with E-state index < -0.39 is 11.4 Å². The number of rotatable bonds is 7. The van der Waals surface area contributed by atoms with E-state index in [0.717, 1.165) is 16.5 Å². The predicted molar refractivity (Wildman–Crippen MR) is 133 cm³/mol. The van der Waals surface area contributed by atoms with E-state index in [1.165, 1.54) is 11.8 Å². The van der Waals surface area contributed by atoms with Crippen molar-refractivity contribution in [2.24, 2.45) is 0 Å². The van der Waals surface area contributed by atoms with Crippen molar-refractivity contribution in [3.8, 4) is 11.5 Å². The first-order valence-corrected chi connectivity index (χ1v) is 11.9. The van der Waals surface area contributed by atoms with Crippen molar-refractivity contribution in [1.82, 2.24) is 14.8 Å². The average Bonchev–Trinajstić information content (AvgIpc) is 3.26.